The van der Waals surface area contributed by atoms with Crippen LogP contribution in [-0.4, -0.2) is 26.2 Å². The summed E-state index contributed by atoms with van der Waals surface area (Å²) in [6.45, 7) is 23.0. The van der Waals surface area contributed by atoms with Crippen molar-refractivity contribution < 1.29 is 28.6 Å². The van der Waals surface area contributed by atoms with Gasteiger partial charge in [0.15, 0.2) is 0 Å². The fourth-order valence-corrected chi connectivity index (χ4v) is 4.62. The van der Waals surface area contributed by atoms with Gasteiger partial charge in [-0.25, -0.2) is 0 Å². The van der Waals surface area contributed by atoms with Crippen LogP contribution in [-0.2, 0) is 25.3 Å². The summed E-state index contributed by atoms with van der Waals surface area (Å²) in [5.74, 6) is 0. The SMILES string of the molecule is CC(C)(C)c1cc(C(C)(C)C)c(C(OP(O)O)C(C)(C)COP(O)O)c(C(C)(C)C)c1. The summed E-state index contributed by atoms with van der Waals surface area (Å²) >= 11 is 0. The van der Waals surface area contributed by atoms with E-state index in [4.69, 9.17) is 9.05 Å². The fourth-order valence-electron chi connectivity index (χ4n) is 3.59. The van der Waals surface area contributed by atoms with Crippen LogP contribution in [0.4, 0.5) is 0 Å². The molecule has 6 nitrogen and oxygen atoms in total. The van der Waals surface area contributed by atoms with Gasteiger partial charge in [-0.1, -0.05) is 88.3 Å². The van der Waals surface area contributed by atoms with Gasteiger partial charge >= 0.3 is 17.2 Å². The Balaban J connectivity index is 3.99. The van der Waals surface area contributed by atoms with E-state index in [1.165, 1.54) is 5.56 Å². The quantitative estimate of drug-likeness (QED) is 0.355. The second-order valence-electron chi connectivity index (χ2n) is 12.0. The van der Waals surface area contributed by atoms with E-state index in [0.717, 1.165) is 16.7 Å². The van der Waals surface area contributed by atoms with Crippen LogP contribution in [0.1, 0.15) is 105 Å². The Bertz CT molecular complexity index is 705. The Labute approximate surface area is 191 Å². The van der Waals surface area contributed by atoms with E-state index >= 15 is 0 Å². The van der Waals surface area contributed by atoms with Crippen LogP contribution in [0.15, 0.2) is 12.1 Å². The molecule has 0 heterocycles. The largest absolute Gasteiger partial charge is 0.328 e. The van der Waals surface area contributed by atoms with Gasteiger partial charge in [-0.2, -0.15) is 0 Å². The summed E-state index contributed by atoms with van der Waals surface area (Å²) in [6, 6.07) is 4.39. The Morgan fingerprint density at radius 1 is 0.710 bits per heavy atom. The smallest absolute Gasteiger partial charge is 0.327 e. The highest BCUT2D eigenvalue weighted by Crippen LogP contribution is 2.51. The van der Waals surface area contributed by atoms with E-state index in [1.807, 2.05) is 13.8 Å². The van der Waals surface area contributed by atoms with Gasteiger partial charge in [-0.3, -0.25) is 0 Å². The lowest BCUT2D eigenvalue weighted by Crippen LogP contribution is -2.34. The molecule has 0 amide bonds. The van der Waals surface area contributed by atoms with E-state index in [9.17, 15) is 19.6 Å². The molecule has 1 atom stereocenters. The highest BCUT2D eigenvalue weighted by atomic mass is 31.2. The summed E-state index contributed by atoms with van der Waals surface area (Å²) in [5, 5.41) is 0. The van der Waals surface area contributed by atoms with Crippen molar-refractivity contribution in [3.8, 4) is 0 Å². The Morgan fingerprint density at radius 3 is 1.42 bits per heavy atom. The van der Waals surface area contributed by atoms with Crippen LogP contribution in [0.2, 0.25) is 0 Å². The molecule has 31 heavy (non-hydrogen) atoms. The second-order valence-corrected chi connectivity index (χ2v) is 13.5. The van der Waals surface area contributed by atoms with Crippen molar-refractivity contribution in [2.75, 3.05) is 6.61 Å². The van der Waals surface area contributed by atoms with Crippen LogP contribution in [0.25, 0.3) is 0 Å². The van der Waals surface area contributed by atoms with E-state index < -0.39 is 28.7 Å². The van der Waals surface area contributed by atoms with Crippen molar-refractivity contribution in [2.24, 2.45) is 5.41 Å². The molecule has 180 valence electrons. The molecule has 0 radical (unpaired) electrons. The number of rotatable bonds is 7. The van der Waals surface area contributed by atoms with Crippen molar-refractivity contribution in [1.82, 2.24) is 0 Å². The minimum Gasteiger partial charge on any atom is -0.328 e. The highest BCUT2D eigenvalue weighted by molar-refractivity contribution is 7.39. The first-order valence-electron chi connectivity index (χ1n) is 10.5. The van der Waals surface area contributed by atoms with Gasteiger partial charge in [0.1, 0.15) is 0 Å². The zero-order chi connectivity index (χ0) is 24.6. The molecule has 1 unspecified atom stereocenters. The summed E-state index contributed by atoms with van der Waals surface area (Å²) in [4.78, 5) is 38.3. The Hall–Kier alpha value is -0.160. The average Bonchev–Trinajstić information content (AvgIpc) is 2.54. The first-order chi connectivity index (χ1) is 13.7. The van der Waals surface area contributed by atoms with Gasteiger partial charge in [0.2, 0.25) is 0 Å². The number of hydrogen-bond acceptors (Lipinski definition) is 6. The first-order valence-corrected chi connectivity index (χ1v) is 12.9. The van der Waals surface area contributed by atoms with Crippen molar-refractivity contribution in [1.29, 1.82) is 0 Å². The molecular weight excluding hydrogens is 434 g/mol. The molecule has 0 aliphatic heterocycles. The molecule has 0 aliphatic rings. The molecule has 0 saturated heterocycles. The molecule has 0 bridgehead atoms. The zero-order valence-corrected chi connectivity index (χ0v) is 22.7. The van der Waals surface area contributed by atoms with E-state index in [2.05, 4.69) is 74.4 Å². The molecule has 0 fully saturated rings. The molecule has 1 rings (SSSR count). The highest BCUT2D eigenvalue weighted by Gasteiger charge is 2.41. The standard InChI is InChI=1S/C23H42O6P2/c1-20(2,3)15-12-16(21(4,5)6)18(17(13-15)22(7,8)9)19(29-31(26)27)23(10,11)14-28-30(24)25/h12-13,19,24-27H,14H2,1-11H3. The molecular formula is C23H42O6P2. The van der Waals surface area contributed by atoms with Crippen molar-refractivity contribution in [3.63, 3.8) is 0 Å². The third kappa shape index (κ3) is 7.98. The first kappa shape index (κ1) is 28.9. The number of hydrogen-bond donors (Lipinski definition) is 4. The van der Waals surface area contributed by atoms with Gasteiger partial charge in [0, 0.05) is 5.41 Å². The maximum absolute atomic E-state index is 9.86. The molecule has 0 aliphatic carbocycles. The lowest BCUT2D eigenvalue weighted by atomic mass is 9.68. The Kier molecular flexibility index (Phi) is 9.31. The summed E-state index contributed by atoms with van der Waals surface area (Å²) in [5.41, 5.74) is 2.89. The lowest BCUT2D eigenvalue weighted by molar-refractivity contribution is 0.0191. The molecule has 1 aromatic rings. The van der Waals surface area contributed by atoms with Gasteiger partial charge in [-0.05, 0) is 38.5 Å². The predicted molar refractivity (Wildman–Crippen MR) is 129 cm³/mol. The normalized spacial score (nSPS) is 15.1. The topological polar surface area (TPSA) is 99.4 Å². The maximum atomic E-state index is 9.86. The minimum atomic E-state index is -2.66. The lowest BCUT2D eigenvalue weighted by Gasteiger charge is -2.41. The van der Waals surface area contributed by atoms with Crippen molar-refractivity contribution in [3.05, 3.63) is 34.4 Å². The van der Waals surface area contributed by atoms with Crippen LogP contribution in [0.5, 0.6) is 0 Å². The second kappa shape index (κ2) is 9.99. The molecule has 4 N–H and O–H groups in total. The average molecular weight is 477 g/mol. The van der Waals surface area contributed by atoms with Gasteiger partial charge in [-0.15, -0.1) is 0 Å². The van der Waals surface area contributed by atoms with E-state index in [1.54, 1.807) is 0 Å². The zero-order valence-electron chi connectivity index (χ0n) is 20.9. The Morgan fingerprint density at radius 2 is 1.13 bits per heavy atom. The van der Waals surface area contributed by atoms with Crippen LogP contribution < -0.4 is 0 Å². The molecule has 0 spiro atoms. The van der Waals surface area contributed by atoms with Crippen molar-refractivity contribution >= 4 is 17.2 Å². The van der Waals surface area contributed by atoms with Gasteiger partial charge in [0.25, 0.3) is 0 Å². The summed E-state index contributed by atoms with van der Waals surface area (Å²) in [6.07, 6.45) is -0.735. The number of benzene rings is 1. The van der Waals surface area contributed by atoms with Crippen LogP contribution in [0, 0.1) is 5.41 Å². The third-order valence-corrected chi connectivity index (χ3v) is 6.15. The third-order valence-electron chi connectivity index (χ3n) is 5.39. The molecule has 1 aromatic carbocycles. The summed E-state index contributed by atoms with van der Waals surface area (Å²) in [7, 11) is -5.19. The van der Waals surface area contributed by atoms with Gasteiger partial charge in [0.05, 0.1) is 12.7 Å². The van der Waals surface area contributed by atoms with Crippen LogP contribution >= 0.6 is 17.2 Å². The predicted octanol–water partition coefficient (Wildman–Crippen LogP) is 6.10. The van der Waals surface area contributed by atoms with E-state index in [0.29, 0.717) is 0 Å². The van der Waals surface area contributed by atoms with Crippen molar-refractivity contribution in [2.45, 2.75) is 98.5 Å². The molecule has 0 aromatic heterocycles. The van der Waals surface area contributed by atoms with E-state index in [-0.39, 0.29) is 22.9 Å². The maximum Gasteiger partial charge on any atom is 0.327 e. The summed E-state index contributed by atoms with van der Waals surface area (Å²) < 4.78 is 10.9. The minimum absolute atomic E-state index is 0.0201. The van der Waals surface area contributed by atoms with Crippen LogP contribution in [0.3, 0.4) is 0 Å². The molecule has 0 saturated carbocycles. The fraction of sp³-hybridized carbons (Fsp3) is 0.739. The monoisotopic (exact) mass is 476 g/mol. The molecule has 8 heteroatoms. The van der Waals surface area contributed by atoms with Gasteiger partial charge < -0.3 is 28.6 Å².